The SMILES string of the molecule is COc1cc(/C=C/C(=O)NCc2ccccc2Cl)ccc1OCc1c(C)noc1C. The molecule has 0 aliphatic heterocycles. The monoisotopic (exact) mass is 426 g/mol. The maximum absolute atomic E-state index is 12.1. The van der Waals surface area contributed by atoms with Gasteiger partial charge < -0.3 is 19.3 Å². The van der Waals surface area contributed by atoms with Gasteiger partial charge in [0.1, 0.15) is 12.4 Å². The molecule has 0 aliphatic rings. The fourth-order valence-electron chi connectivity index (χ4n) is 2.82. The molecule has 3 rings (SSSR count). The molecule has 2 aromatic carbocycles. The lowest BCUT2D eigenvalue weighted by atomic mass is 10.1. The molecular weight excluding hydrogens is 404 g/mol. The van der Waals surface area contributed by atoms with Crippen LogP contribution in [0.5, 0.6) is 11.5 Å². The number of amides is 1. The van der Waals surface area contributed by atoms with Crippen LogP contribution >= 0.6 is 11.6 Å². The predicted molar refractivity (Wildman–Crippen MR) is 116 cm³/mol. The summed E-state index contributed by atoms with van der Waals surface area (Å²) in [7, 11) is 1.57. The molecule has 0 saturated carbocycles. The van der Waals surface area contributed by atoms with E-state index in [4.69, 9.17) is 25.6 Å². The quantitative estimate of drug-likeness (QED) is 0.520. The van der Waals surface area contributed by atoms with Crippen molar-refractivity contribution in [2.75, 3.05) is 7.11 Å². The number of nitrogens with zero attached hydrogens (tertiary/aromatic N) is 1. The summed E-state index contributed by atoms with van der Waals surface area (Å²) >= 11 is 6.10. The van der Waals surface area contributed by atoms with E-state index in [0.717, 1.165) is 28.1 Å². The molecule has 1 aromatic heterocycles. The van der Waals surface area contributed by atoms with Crippen molar-refractivity contribution in [1.82, 2.24) is 10.5 Å². The van der Waals surface area contributed by atoms with Crippen LogP contribution in [0.3, 0.4) is 0 Å². The molecule has 0 bridgehead atoms. The van der Waals surface area contributed by atoms with Gasteiger partial charge in [0.25, 0.3) is 0 Å². The number of aryl methyl sites for hydroxylation is 2. The van der Waals surface area contributed by atoms with Gasteiger partial charge in [-0.05, 0) is 49.2 Å². The summed E-state index contributed by atoms with van der Waals surface area (Å²) in [5.74, 6) is 1.68. The maximum Gasteiger partial charge on any atom is 0.244 e. The molecule has 0 unspecified atom stereocenters. The summed E-state index contributed by atoms with van der Waals surface area (Å²) in [6, 6.07) is 12.9. The van der Waals surface area contributed by atoms with Crippen molar-refractivity contribution >= 4 is 23.6 Å². The molecule has 0 fully saturated rings. The highest BCUT2D eigenvalue weighted by atomic mass is 35.5. The topological polar surface area (TPSA) is 73.6 Å². The average molecular weight is 427 g/mol. The summed E-state index contributed by atoms with van der Waals surface area (Å²) < 4.78 is 16.5. The van der Waals surface area contributed by atoms with Gasteiger partial charge >= 0.3 is 0 Å². The second kappa shape index (κ2) is 9.98. The number of rotatable bonds is 8. The van der Waals surface area contributed by atoms with Crippen LogP contribution in [0.1, 0.15) is 28.1 Å². The van der Waals surface area contributed by atoms with E-state index < -0.39 is 0 Å². The third kappa shape index (κ3) is 5.42. The van der Waals surface area contributed by atoms with Gasteiger partial charge in [0, 0.05) is 17.6 Å². The van der Waals surface area contributed by atoms with Crippen molar-refractivity contribution in [1.29, 1.82) is 0 Å². The van der Waals surface area contributed by atoms with Crippen molar-refractivity contribution in [3.8, 4) is 11.5 Å². The zero-order chi connectivity index (χ0) is 21.5. The fourth-order valence-corrected chi connectivity index (χ4v) is 3.02. The Morgan fingerprint density at radius 1 is 1.20 bits per heavy atom. The van der Waals surface area contributed by atoms with Crippen molar-refractivity contribution in [3.63, 3.8) is 0 Å². The number of nitrogens with one attached hydrogen (secondary N) is 1. The number of benzene rings is 2. The standard InChI is InChI=1S/C23H23ClN2O4/c1-15-19(16(2)30-26-15)14-29-21-10-8-17(12-22(21)28-3)9-11-23(27)25-13-18-6-4-5-7-20(18)24/h4-12H,13-14H2,1-3H3,(H,25,27)/b11-9+. The van der Waals surface area contributed by atoms with Gasteiger partial charge in [-0.2, -0.15) is 0 Å². The summed E-state index contributed by atoms with van der Waals surface area (Å²) in [4.78, 5) is 12.1. The molecule has 1 amide bonds. The first-order chi connectivity index (χ1) is 14.5. The van der Waals surface area contributed by atoms with Crippen LogP contribution in [0, 0.1) is 13.8 Å². The number of carbonyl (C=O) groups excluding carboxylic acids is 1. The molecule has 1 heterocycles. The largest absolute Gasteiger partial charge is 0.493 e. The summed E-state index contributed by atoms with van der Waals surface area (Å²) in [5.41, 5.74) is 3.39. The lowest BCUT2D eigenvalue weighted by Crippen LogP contribution is -2.20. The normalized spacial score (nSPS) is 10.9. The zero-order valence-electron chi connectivity index (χ0n) is 17.1. The van der Waals surface area contributed by atoms with Gasteiger partial charge in [0.15, 0.2) is 11.5 Å². The molecule has 30 heavy (non-hydrogen) atoms. The Morgan fingerprint density at radius 2 is 2.00 bits per heavy atom. The van der Waals surface area contributed by atoms with E-state index >= 15 is 0 Å². The average Bonchev–Trinajstić information content (AvgIpc) is 3.07. The van der Waals surface area contributed by atoms with Crippen molar-refractivity contribution in [2.24, 2.45) is 0 Å². The van der Waals surface area contributed by atoms with Crippen LogP contribution in [0.2, 0.25) is 5.02 Å². The smallest absolute Gasteiger partial charge is 0.244 e. The van der Waals surface area contributed by atoms with E-state index in [0.29, 0.717) is 29.7 Å². The molecule has 0 aliphatic carbocycles. The van der Waals surface area contributed by atoms with Crippen LogP contribution in [0.25, 0.3) is 6.08 Å². The molecule has 0 radical (unpaired) electrons. The van der Waals surface area contributed by atoms with Gasteiger partial charge in [-0.25, -0.2) is 0 Å². The van der Waals surface area contributed by atoms with E-state index in [1.165, 1.54) is 6.08 Å². The van der Waals surface area contributed by atoms with Crippen LogP contribution in [-0.4, -0.2) is 18.2 Å². The molecule has 0 atom stereocenters. The number of ether oxygens (including phenoxy) is 2. The van der Waals surface area contributed by atoms with Crippen molar-refractivity contribution in [2.45, 2.75) is 27.0 Å². The summed E-state index contributed by atoms with van der Waals surface area (Å²) in [6.07, 6.45) is 3.18. The van der Waals surface area contributed by atoms with Gasteiger partial charge in [0.05, 0.1) is 18.4 Å². The zero-order valence-corrected chi connectivity index (χ0v) is 17.8. The van der Waals surface area contributed by atoms with E-state index in [-0.39, 0.29) is 5.91 Å². The van der Waals surface area contributed by atoms with Gasteiger partial charge in [0.2, 0.25) is 5.91 Å². The minimum absolute atomic E-state index is 0.215. The van der Waals surface area contributed by atoms with Gasteiger partial charge in [-0.1, -0.05) is 41.0 Å². The Balaban J connectivity index is 1.61. The van der Waals surface area contributed by atoms with Crippen LogP contribution in [0.4, 0.5) is 0 Å². The van der Waals surface area contributed by atoms with E-state index in [1.54, 1.807) is 31.4 Å². The first kappa shape index (κ1) is 21.5. The lowest BCUT2D eigenvalue weighted by Gasteiger charge is -2.11. The molecule has 156 valence electrons. The Bertz CT molecular complexity index is 1040. The molecule has 0 saturated heterocycles. The number of aromatic nitrogens is 1. The first-order valence-corrected chi connectivity index (χ1v) is 9.77. The highest BCUT2D eigenvalue weighted by molar-refractivity contribution is 6.31. The third-order valence-electron chi connectivity index (χ3n) is 4.58. The van der Waals surface area contributed by atoms with E-state index in [9.17, 15) is 4.79 Å². The molecule has 0 spiro atoms. The van der Waals surface area contributed by atoms with Crippen molar-refractivity contribution in [3.05, 3.63) is 81.7 Å². The lowest BCUT2D eigenvalue weighted by molar-refractivity contribution is -0.116. The van der Waals surface area contributed by atoms with Crippen molar-refractivity contribution < 1.29 is 18.8 Å². The summed E-state index contributed by atoms with van der Waals surface area (Å²) in [6.45, 7) is 4.41. The predicted octanol–water partition coefficient (Wildman–Crippen LogP) is 4.86. The summed E-state index contributed by atoms with van der Waals surface area (Å²) in [5, 5.41) is 7.36. The minimum Gasteiger partial charge on any atom is -0.493 e. The number of hydrogen-bond donors (Lipinski definition) is 1. The highest BCUT2D eigenvalue weighted by Crippen LogP contribution is 2.30. The molecule has 1 N–H and O–H groups in total. The molecular formula is C23H23ClN2O4. The first-order valence-electron chi connectivity index (χ1n) is 9.40. The maximum atomic E-state index is 12.1. The highest BCUT2D eigenvalue weighted by Gasteiger charge is 2.12. The third-order valence-corrected chi connectivity index (χ3v) is 4.95. The van der Waals surface area contributed by atoms with Crippen LogP contribution in [-0.2, 0) is 17.9 Å². The Hall–Kier alpha value is -3.25. The minimum atomic E-state index is -0.215. The van der Waals surface area contributed by atoms with E-state index in [1.807, 2.05) is 38.1 Å². The Labute approximate surface area is 180 Å². The molecule has 3 aromatic rings. The second-order valence-corrected chi connectivity index (χ2v) is 7.05. The van der Waals surface area contributed by atoms with Gasteiger partial charge in [-0.15, -0.1) is 0 Å². The van der Waals surface area contributed by atoms with Crippen LogP contribution < -0.4 is 14.8 Å². The Kier molecular flexibility index (Phi) is 7.14. The van der Waals surface area contributed by atoms with Crippen LogP contribution in [0.15, 0.2) is 53.1 Å². The number of halogens is 1. The number of hydrogen-bond acceptors (Lipinski definition) is 5. The second-order valence-electron chi connectivity index (χ2n) is 6.64. The van der Waals surface area contributed by atoms with Gasteiger partial charge in [-0.3, -0.25) is 4.79 Å². The fraction of sp³-hybridized carbons (Fsp3) is 0.217. The molecule has 7 heteroatoms. The number of methoxy groups -OCH3 is 1. The Morgan fingerprint density at radius 3 is 2.70 bits per heavy atom. The van der Waals surface area contributed by atoms with E-state index in [2.05, 4.69) is 10.5 Å². The molecule has 6 nitrogen and oxygen atoms in total. The number of carbonyl (C=O) groups is 1.